The Morgan fingerprint density at radius 1 is 0.864 bits per heavy atom. The van der Waals surface area contributed by atoms with Crippen LogP contribution in [0.4, 0.5) is 10.5 Å². The lowest BCUT2D eigenvalue weighted by Gasteiger charge is -2.44. The van der Waals surface area contributed by atoms with Crippen molar-refractivity contribution in [3.05, 3.63) is 94.5 Å². The van der Waals surface area contributed by atoms with Gasteiger partial charge in [0.2, 0.25) is 5.91 Å². The fraction of sp³-hybridized carbons (Fsp3) is 0.417. The van der Waals surface area contributed by atoms with Gasteiger partial charge in [-0.2, -0.15) is 0 Å². The molecule has 0 aliphatic heterocycles. The second-order valence-corrected chi connectivity index (χ2v) is 13.0. The number of aryl methyl sites for hydroxylation is 3. The number of benzene rings is 3. The number of hydrogen-bond acceptors (Lipinski definition) is 5. The van der Waals surface area contributed by atoms with Crippen LogP contribution in [-0.4, -0.2) is 45.1 Å². The van der Waals surface area contributed by atoms with E-state index in [4.69, 9.17) is 4.74 Å². The van der Waals surface area contributed by atoms with E-state index in [0.717, 1.165) is 16.7 Å². The maximum Gasteiger partial charge on any atom is 0.408 e. The van der Waals surface area contributed by atoms with Gasteiger partial charge in [-0.3, -0.25) is 9.59 Å². The van der Waals surface area contributed by atoms with E-state index in [-0.39, 0.29) is 12.2 Å². The summed E-state index contributed by atoms with van der Waals surface area (Å²) in [6, 6.07) is 18.0. The molecule has 0 aliphatic carbocycles. The Kier molecular flexibility index (Phi) is 10.8. The van der Waals surface area contributed by atoms with Crippen molar-refractivity contribution in [2.75, 3.05) is 5.32 Å². The van der Waals surface area contributed by atoms with Gasteiger partial charge in [-0.15, -0.1) is 0 Å². The summed E-state index contributed by atoms with van der Waals surface area (Å²) in [7, 11) is 0. The molecule has 3 aromatic carbocycles. The number of aromatic hydroxyl groups is 1. The van der Waals surface area contributed by atoms with Crippen LogP contribution >= 0.6 is 0 Å². The predicted molar refractivity (Wildman–Crippen MR) is 175 cm³/mol. The molecule has 0 aromatic heterocycles. The van der Waals surface area contributed by atoms with Gasteiger partial charge in [0, 0.05) is 17.6 Å². The molecule has 0 heterocycles. The summed E-state index contributed by atoms with van der Waals surface area (Å²) >= 11 is 0. The highest BCUT2D eigenvalue weighted by atomic mass is 16.6. The maximum atomic E-state index is 14.8. The smallest absolute Gasteiger partial charge is 0.408 e. The molecular weight excluding hydrogens is 554 g/mol. The Morgan fingerprint density at radius 3 is 2.02 bits per heavy atom. The first-order valence-corrected chi connectivity index (χ1v) is 15.1. The van der Waals surface area contributed by atoms with Gasteiger partial charge in [-0.1, -0.05) is 61.5 Å². The number of nitrogens with one attached hydrogen (secondary N) is 2. The van der Waals surface area contributed by atoms with Crippen LogP contribution in [0.25, 0.3) is 0 Å². The minimum absolute atomic E-state index is 0.0869. The molecule has 3 amide bonds. The molecule has 2 atom stereocenters. The zero-order chi connectivity index (χ0) is 32.8. The number of hydrogen-bond donors (Lipinski definition) is 3. The standard InChI is InChI=1S/C36H47N3O5/c1-10-36(8,9)39(33(42)28(22-26-17-12-11-13-18-26)37-34(43)44-35(5,6)7)31(27-19-20-29(40)25(4)21-27)32(41)38-30-23(2)15-14-16-24(30)3/h11-21,28,31,40H,10,22H2,1-9H3,(H,37,43)(H,38,41). The highest BCUT2D eigenvalue weighted by Crippen LogP contribution is 2.35. The number of amides is 3. The monoisotopic (exact) mass is 601 g/mol. The van der Waals surface area contributed by atoms with Gasteiger partial charge in [0.15, 0.2) is 0 Å². The Hall–Kier alpha value is -4.33. The number of anilines is 1. The minimum atomic E-state index is -1.09. The molecule has 8 nitrogen and oxygen atoms in total. The van der Waals surface area contributed by atoms with E-state index in [1.807, 2.05) is 83.1 Å². The number of para-hydroxylation sites is 1. The third-order valence-corrected chi connectivity index (χ3v) is 7.80. The summed E-state index contributed by atoms with van der Waals surface area (Å²) in [5, 5.41) is 16.2. The van der Waals surface area contributed by atoms with Crippen molar-refractivity contribution >= 4 is 23.6 Å². The molecular formula is C36H47N3O5. The van der Waals surface area contributed by atoms with Crippen LogP contribution < -0.4 is 10.6 Å². The van der Waals surface area contributed by atoms with Crippen LogP contribution in [0.1, 0.15) is 81.8 Å². The zero-order valence-electron chi connectivity index (χ0n) is 27.4. The van der Waals surface area contributed by atoms with Crippen molar-refractivity contribution in [3.8, 4) is 5.75 Å². The largest absolute Gasteiger partial charge is 0.508 e. The number of ether oxygens (including phenoxy) is 1. The summed E-state index contributed by atoms with van der Waals surface area (Å²) < 4.78 is 5.55. The third-order valence-electron chi connectivity index (χ3n) is 7.80. The van der Waals surface area contributed by atoms with E-state index < -0.39 is 41.1 Å². The Bertz CT molecular complexity index is 1460. The second-order valence-electron chi connectivity index (χ2n) is 13.0. The molecule has 3 rings (SSSR count). The van der Waals surface area contributed by atoms with Crippen molar-refractivity contribution in [2.24, 2.45) is 0 Å². The summed E-state index contributed by atoms with van der Waals surface area (Å²) in [4.78, 5) is 43.9. The van der Waals surface area contributed by atoms with Crippen LogP contribution in [-0.2, 0) is 20.7 Å². The van der Waals surface area contributed by atoms with E-state index in [9.17, 15) is 19.5 Å². The van der Waals surface area contributed by atoms with Crippen LogP contribution in [0.15, 0.2) is 66.7 Å². The second kappa shape index (κ2) is 14.0. The summed E-state index contributed by atoms with van der Waals surface area (Å²) in [6.07, 6.45) is -0.0132. The number of nitrogens with zero attached hydrogens (tertiary/aromatic N) is 1. The lowest BCUT2D eigenvalue weighted by atomic mass is 9.90. The minimum Gasteiger partial charge on any atom is -0.508 e. The van der Waals surface area contributed by atoms with Gasteiger partial charge in [0.25, 0.3) is 5.91 Å². The molecule has 0 spiro atoms. The maximum absolute atomic E-state index is 14.8. The fourth-order valence-electron chi connectivity index (χ4n) is 5.08. The number of carbonyl (C=O) groups is 3. The van der Waals surface area contributed by atoms with Crippen molar-refractivity contribution in [3.63, 3.8) is 0 Å². The molecule has 236 valence electrons. The molecule has 3 N–H and O–H groups in total. The predicted octanol–water partition coefficient (Wildman–Crippen LogP) is 7.15. The first-order chi connectivity index (χ1) is 20.5. The van der Waals surface area contributed by atoms with Gasteiger partial charge in [0.05, 0.1) is 0 Å². The molecule has 3 aromatic rings. The Labute approximate surface area is 261 Å². The first kappa shape index (κ1) is 34.2. The van der Waals surface area contributed by atoms with Crippen LogP contribution in [0, 0.1) is 20.8 Å². The van der Waals surface area contributed by atoms with E-state index in [2.05, 4.69) is 10.6 Å². The highest BCUT2D eigenvalue weighted by Gasteiger charge is 2.43. The Balaban J connectivity index is 2.19. The van der Waals surface area contributed by atoms with Crippen molar-refractivity contribution in [1.29, 1.82) is 0 Å². The molecule has 0 radical (unpaired) electrons. The van der Waals surface area contributed by atoms with Crippen molar-refractivity contribution in [1.82, 2.24) is 10.2 Å². The SMILES string of the molecule is CCC(C)(C)N(C(=O)C(Cc1ccccc1)NC(=O)OC(C)(C)C)C(C(=O)Nc1c(C)cccc1C)c1ccc(O)c(C)c1. The van der Waals surface area contributed by atoms with Gasteiger partial charge in [-0.25, -0.2) is 4.79 Å². The molecule has 0 fully saturated rings. The van der Waals surface area contributed by atoms with E-state index in [1.54, 1.807) is 44.7 Å². The summed E-state index contributed by atoms with van der Waals surface area (Å²) in [5.41, 5.74) is 2.80. The van der Waals surface area contributed by atoms with E-state index in [0.29, 0.717) is 23.2 Å². The fourth-order valence-corrected chi connectivity index (χ4v) is 5.08. The third kappa shape index (κ3) is 8.62. The first-order valence-electron chi connectivity index (χ1n) is 15.1. The zero-order valence-corrected chi connectivity index (χ0v) is 27.4. The van der Waals surface area contributed by atoms with Gasteiger partial charge in [0.1, 0.15) is 23.4 Å². The lowest BCUT2D eigenvalue weighted by Crippen LogP contribution is -2.59. The van der Waals surface area contributed by atoms with Crippen molar-refractivity contribution in [2.45, 2.75) is 98.4 Å². The normalized spacial score (nSPS) is 13.0. The van der Waals surface area contributed by atoms with Gasteiger partial charge in [-0.05, 0) is 102 Å². The number of phenolic OH excluding ortho intramolecular Hbond substituents is 1. The van der Waals surface area contributed by atoms with E-state index in [1.165, 1.54) is 6.07 Å². The number of alkyl carbamates (subject to hydrolysis) is 1. The quantitative estimate of drug-likeness (QED) is 0.229. The molecule has 0 aliphatic rings. The summed E-state index contributed by atoms with van der Waals surface area (Å²) in [6.45, 7) is 16.6. The number of carbonyl (C=O) groups excluding carboxylic acids is 3. The van der Waals surface area contributed by atoms with Crippen LogP contribution in [0.5, 0.6) is 5.75 Å². The molecule has 44 heavy (non-hydrogen) atoms. The molecule has 0 saturated heterocycles. The average molecular weight is 602 g/mol. The topological polar surface area (TPSA) is 108 Å². The number of rotatable bonds is 10. The summed E-state index contributed by atoms with van der Waals surface area (Å²) in [5.74, 6) is -0.749. The molecule has 8 heteroatoms. The molecule has 2 unspecified atom stereocenters. The van der Waals surface area contributed by atoms with Crippen molar-refractivity contribution < 1.29 is 24.2 Å². The molecule has 0 bridgehead atoms. The highest BCUT2D eigenvalue weighted by molar-refractivity contribution is 6.00. The lowest BCUT2D eigenvalue weighted by molar-refractivity contribution is -0.147. The van der Waals surface area contributed by atoms with Gasteiger partial charge < -0.3 is 25.4 Å². The van der Waals surface area contributed by atoms with E-state index >= 15 is 0 Å². The van der Waals surface area contributed by atoms with Crippen LogP contribution in [0.3, 0.4) is 0 Å². The van der Waals surface area contributed by atoms with Crippen LogP contribution in [0.2, 0.25) is 0 Å². The average Bonchev–Trinajstić information content (AvgIpc) is 2.94. The van der Waals surface area contributed by atoms with Gasteiger partial charge >= 0.3 is 6.09 Å². The number of phenols is 1. The molecule has 0 saturated carbocycles. The Morgan fingerprint density at radius 2 is 1.48 bits per heavy atom.